The molecule has 0 bridgehead atoms. The minimum absolute atomic E-state index is 0. The Morgan fingerprint density at radius 1 is 0.939 bits per heavy atom. The van der Waals surface area contributed by atoms with E-state index in [1.165, 1.54) is 12.1 Å². The Bertz CT molecular complexity index is 695. The predicted octanol–water partition coefficient (Wildman–Crippen LogP) is 2.73. The van der Waals surface area contributed by atoms with Gasteiger partial charge in [0.2, 0.25) is 0 Å². The molecule has 2 atom stereocenters. The average Bonchev–Trinajstić information content (AvgIpc) is 2.82. The first-order valence-corrected chi connectivity index (χ1v) is 11.9. The van der Waals surface area contributed by atoms with E-state index < -0.39 is 0 Å². The summed E-state index contributed by atoms with van der Waals surface area (Å²) >= 11 is 0. The van der Waals surface area contributed by atoms with Gasteiger partial charge in [-0.25, -0.2) is 4.39 Å². The van der Waals surface area contributed by atoms with Crippen LogP contribution in [0.5, 0.6) is 0 Å². The van der Waals surface area contributed by atoms with Crippen molar-refractivity contribution >= 4 is 29.9 Å². The Kier molecular flexibility index (Phi) is 12.9. The average molecular weight is 578 g/mol. The number of morpholine rings is 2. The number of benzene rings is 1. The summed E-state index contributed by atoms with van der Waals surface area (Å²) in [6, 6.07) is 7.41. The van der Waals surface area contributed by atoms with E-state index in [1.54, 1.807) is 0 Å². The monoisotopic (exact) mass is 577 g/mol. The Morgan fingerprint density at radius 2 is 1.48 bits per heavy atom. The number of ether oxygens (including phenoxy) is 2. The summed E-state index contributed by atoms with van der Waals surface area (Å²) in [5.41, 5.74) is 1.10. The van der Waals surface area contributed by atoms with E-state index in [-0.39, 0.29) is 35.8 Å². The maximum absolute atomic E-state index is 13.5. The van der Waals surface area contributed by atoms with Crippen LogP contribution in [0.1, 0.15) is 31.9 Å². The molecule has 0 amide bonds. The van der Waals surface area contributed by atoms with Crippen LogP contribution in [0.2, 0.25) is 0 Å². The second-order valence-corrected chi connectivity index (χ2v) is 8.98. The lowest BCUT2D eigenvalue weighted by Crippen LogP contribution is -2.52. The number of guanidine groups is 1. The van der Waals surface area contributed by atoms with Crippen molar-refractivity contribution in [3.05, 3.63) is 35.6 Å². The van der Waals surface area contributed by atoms with E-state index >= 15 is 0 Å². The van der Waals surface area contributed by atoms with Gasteiger partial charge in [-0.15, -0.1) is 24.0 Å². The molecule has 2 saturated heterocycles. The number of hydrogen-bond acceptors (Lipinski definition) is 5. The van der Waals surface area contributed by atoms with E-state index in [2.05, 4.69) is 39.3 Å². The third-order valence-corrected chi connectivity index (χ3v) is 6.24. The number of halogens is 2. The minimum Gasteiger partial charge on any atom is -0.379 e. The van der Waals surface area contributed by atoms with E-state index in [0.29, 0.717) is 18.5 Å². The molecule has 7 nitrogen and oxygen atoms in total. The predicted molar refractivity (Wildman–Crippen MR) is 142 cm³/mol. The molecule has 188 valence electrons. The molecule has 33 heavy (non-hydrogen) atoms. The van der Waals surface area contributed by atoms with Crippen LogP contribution in [0.4, 0.5) is 4.39 Å². The number of hydrogen-bond donors (Lipinski definition) is 2. The highest BCUT2D eigenvalue weighted by atomic mass is 127. The molecule has 2 heterocycles. The first-order chi connectivity index (χ1) is 15.6. The Morgan fingerprint density at radius 3 is 2.03 bits per heavy atom. The summed E-state index contributed by atoms with van der Waals surface area (Å²) in [4.78, 5) is 9.38. The number of nitrogens with zero attached hydrogens (tertiary/aromatic N) is 3. The lowest BCUT2D eigenvalue weighted by molar-refractivity contribution is 0.0131. The van der Waals surface area contributed by atoms with Crippen molar-refractivity contribution in [3.63, 3.8) is 0 Å². The molecule has 0 aliphatic carbocycles. The fourth-order valence-corrected chi connectivity index (χ4v) is 4.51. The molecule has 2 N–H and O–H groups in total. The van der Waals surface area contributed by atoms with E-state index in [0.717, 1.165) is 77.1 Å². The minimum atomic E-state index is -0.209. The largest absolute Gasteiger partial charge is 0.379 e. The van der Waals surface area contributed by atoms with Crippen LogP contribution in [0.25, 0.3) is 0 Å². The quantitative estimate of drug-likeness (QED) is 0.268. The van der Waals surface area contributed by atoms with Gasteiger partial charge in [0, 0.05) is 52.4 Å². The first-order valence-electron chi connectivity index (χ1n) is 11.9. The van der Waals surface area contributed by atoms with Gasteiger partial charge >= 0.3 is 0 Å². The molecule has 2 aliphatic heterocycles. The van der Waals surface area contributed by atoms with Crippen molar-refractivity contribution in [1.82, 2.24) is 20.4 Å². The second-order valence-electron chi connectivity index (χ2n) is 8.98. The zero-order valence-corrected chi connectivity index (χ0v) is 22.6. The van der Waals surface area contributed by atoms with Gasteiger partial charge in [-0.05, 0) is 30.0 Å². The zero-order valence-electron chi connectivity index (χ0n) is 20.3. The molecule has 2 aliphatic rings. The molecular formula is C24H41FIN5O2. The van der Waals surface area contributed by atoms with E-state index in [9.17, 15) is 4.39 Å². The number of rotatable bonds is 9. The van der Waals surface area contributed by atoms with E-state index in [4.69, 9.17) is 9.47 Å². The summed E-state index contributed by atoms with van der Waals surface area (Å²) in [5, 5.41) is 7.06. The molecule has 0 aromatic heterocycles. The maximum atomic E-state index is 13.5. The SMILES string of the molecule is CN=C(NCC(CC(C)C)N1CCOCC1)NCC(c1ccc(F)cc1)N1CCOCC1.I. The first kappa shape index (κ1) is 28.2. The third-order valence-electron chi connectivity index (χ3n) is 6.24. The molecule has 0 spiro atoms. The summed E-state index contributed by atoms with van der Waals surface area (Å²) in [6.45, 7) is 12.8. The van der Waals surface area contributed by atoms with Crippen LogP contribution >= 0.6 is 24.0 Å². The van der Waals surface area contributed by atoms with Gasteiger partial charge in [-0.2, -0.15) is 0 Å². The molecule has 1 aromatic rings. The van der Waals surface area contributed by atoms with Gasteiger partial charge in [0.15, 0.2) is 5.96 Å². The van der Waals surface area contributed by atoms with Gasteiger partial charge in [0.1, 0.15) is 5.82 Å². The summed E-state index contributed by atoms with van der Waals surface area (Å²) in [7, 11) is 1.81. The lowest BCUT2D eigenvalue weighted by Gasteiger charge is -2.36. The normalized spacial score (nSPS) is 20.2. The summed E-state index contributed by atoms with van der Waals surface area (Å²) in [6.07, 6.45) is 1.13. The van der Waals surface area contributed by atoms with Gasteiger partial charge in [-0.1, -0.05) is 26.0 Å². The molecule has 9 heteroatoms. The van der Waals surface area contributed by atoms with Crippen molar-refractivity contribution in [1.29, 1.82) is 0 Å². The van der Waals surface area contributed by atoms with Crippen molar-refractivity contribution < 1.29 is 13.9 Å². The number of aliphatic imine (C=N–C) groups is 1. The molecule has 0 radical (unpaired) electrons. The van der Waals surface area contributed by atoms with Crippen LogP contribution in [0.15, 0.2) is 29.3 Å². The zero-order chi connectivity index (χ0) is 22.8. The van der Waals surface area contributed by atoms with Crippen molar-refractivity contribution in [2.24, 2.45) is 10.9 Å². The standard InChI is InChI=1S/C24H40FN5O2.HI/c1-19(2)16-22(29-8-12-31-13-9-29)17-27-24(26-3)28-18-23(30-10-14-32-15-11-30)20-4-6-21(25)7-5-20;/h4-7,19,22-23H,8-18H2,1-3H3,(H2,26,27,28);1H. The van der Waals surface area contributed by atoms with Crippen molar-refractivity contribution in [3.8, 4) is 0 Å². The highest BCUT2D eigenvalue weighted by Crippen LogP contribution is 2.21. The fraction of sp³-hybridized carbons (Fsp3) is 0.708. The maximum Gasteiger partial charge on any atom is 0.191 e. The molecular weight excluding hydrogens is 536 g/mol. The summed E-state index contributed by atoms with van der Waals surface area (Å²) < 4.78 is 24.6. The lowest BCUT2D eigenvalue weighted by atomic mass is 10.0. The molecule has 1 aromatic carbocycles. The molecule has 2 fully saturated rings. The molecule has 2 unspecified atom stereocenters. The van der Waals surface area contributed by atoms with Crippen LogP contribution in [0, 0.1) is 11.7 Å². The van der Waals surface area contributed by atoms with Gasteiger partial charge in [-0.3, -0.25) is 14.8 Å². The van der Waals surface area contributed by atoms with Gasteiger partial charge in [0.05, 0.1) is 32.5 Å². The van der Waals surface area contributed by atoms with E-state index in [1.807, 2.05) is 19.2 Å². The highest BCUT2D eigenvalue weighted by molar-refractivity contribution is 14.0. The molecule has 3 rings (SSSR count). The van der Waals surface area contributed by atoms with Gasteiger partial charge < -0.3 is 20.1 Å². The van der Waals surface area contributed by atoms with Crippen LogP contribution in [-0.2, 0) is 9.47 Å². The smallest absolute Gasteiger partial charge is 0.191 e. The van der Waals surface area contributed by atoms with Crippen molar-refractivity contribution in [2.75, 3.05) is 72.7 Å². The Balaban J connectivity index is 0.00000385. The topological polar surface area (TPSA) is 61.4 Å². The van der Waals surface area contributed by atoms with Crippen molar-refractivity contribution in [2.45, 2.75) is 32.4 Å². The Labute approximate surface area is 215 Å². The highest BCUT2D eigenvalue weighted by Gasteiger charge is 2.24. The van der Waals surface area contributed by atoms with Crippen LogP contribution in [0.3, 0.4) is 0 Å². The fourth-order valence-electron chi connectivity index (χ4n) is 4.51. The van der Waals surface area contributed by atoms with Crippen LogP contribution < -0.4 is 10.6 Å². The second kappa shape index (κ2) is 15.1. The summed E-state index contributed by atoms with van der Waals surface area (Å²) in [5.74, 6) is 1.22. The number of nitrogens with one attached hydrogen (secondary N) is 2. The van der Waals surface area contributed by atoms with Gasteiger partial charge in [0.25, 0.3) is 0 Å². The Hall–Kier alpha value is -1.01. The van der Waals surface area contributed by atoms with Crippen LogP contribution in [-0.4, -0.2) is 94.5 Å². The molecule has 0 saturated carbocycles. The third kappa shape index (κ3) is 9.28.